The second-order valence-electron chi connectivity index (χ2n) is 25.1. The van der Waals surface area contributed by atoms with Crippen LogP contribution in [0.15, 0.2) is 169 Å². The molecule has 14 rings (SSSR count). The first kappa shape index (κ1) is 84.3. The van der Waals surface area contributed by atoms with Crippen LogP contribution in [-0.2, 0) is 51.9 Å². The Bertz CT molecular complexity index is 5110. The van der Waals surface area contributed by atoms with Gasteiger partial charge in [-0.2, -0.15) is 31.1 Å². The molecular weight excluding hydrogens is 1430 g/mol. The number of sulfone groups is 2. The molecule has 553 valence electrons. The second kappa shape index (κ2) is 38.0. The van der Waals surface area contributed by atoms with Gasteiger partial charge in [0.05, 0.1) is 74.0 Å². The molecule has 2 aromatic carbocycles. The van der Waals surface area contributed by atoms with Crippen LogP contribution in [0.4, 0.5) is 17.5 Å². The predicted octanol–water partition coefficient (Wildman–Crippen LogP) is 2.54. The molecule has 11 aromatic rings. The number of carbonyl (C=O) groups is 3. The third kappa shape index (κ3) is 21.9. The zero-order chi connectivity index (χ0) is 75.1. The number of aromatic hydroxyl groups is 2. The van der Waals surface area contributed by atoms with Gasteiger partial charge in [0.1, 0.15) is 47.2 Å². The molecule has 3 aliphatic heterocycles. The summed E-state index contributed by atoms with van der Waals surface area (Å²) in [6.07, 6.45) is 17.3. The number of hydrogen-bond acceptors (Lipinski definition) is 25. The third-order valence-corrected chi connectivity index (χ3v) is 19.3. The smallest absolute Gasteiger partial charge is 0.528 e. The summed E-state index contributed by atoms with van der Waals surface area (Å²) in [5.41, 5.74) is 11.2. The number of aromatic nitrogens is 9. The van der Waals surface area contributed by atoms with Crippen LogP contribution in [0.25, 0.3) is 49.9 Å². The number of ether oxygens (including phenoxy) is 1. The number of esters is 2. The van der Waals surface area contributed by atoms with E-state index in [-0.39, 0.29) is 57.7 Å². The number of benzene rings is 2. The first-order valence-corrected chi connectivity index (χ1v) is 37.0. The van der Waals surface area contributed by atoms with Crippen molar-refractivity contribution in [1.29, 1.82) is 15.8 Å². The Morgan fingerprint density at radius 3 is 1.14 bits per heavy atom. The van der Waals surface area contributed by atoms with Crippen LogP contribution < -0.4 is 49.6 Å². The molecule has 0 bridgehead atoms. The predicted molar refractivity (Wildman–Crippen MR) is 403 cm³/mol. The maximum absolute atomic E-state index is 11.8. The molecule has 0 amide bonds. The number of anilines is 3. The van der Waals surface area contributed by atoms with Crippen molar-refractivity contribution in [3.8, 4) is 63.1 Å². The first-order chi connectivity index (χ1) is 50.2. The van der Waals surface area contributed by atoms with Crippen molar-refractivity contribution < 1.29 is 86.7 Å². The molecule has 0 atom stereocenters. The fourth-order valence-corrected chi connectivity index (χ4v) is 13.6. The molecule has 34 heteroatoms. The number of nitrogens with zero attached hydrogens (tertiary/aromatic N) is 17. The summed E-state index contributed by atoms with van der Waals surface area (Å²) >= 11 is 0. The van der Waals surface area contributed by atoms with E-state index < -0.39 is 31.6 Å². The molecular formula is C74H79BN18NaO12S2. The molecule has 3 saturated heterocycles. The van der Waals surface area contributed by atoms with Crippen molar-refractivity contribution >= 4 is 79.1 Å². The SMILES string of the molecule is CC(=O)OC(C)=O.CS(=O)(=O)c1cccc(CN2CCN(c3ccc(-c4cc(O)cn5ncc(C#N)c45)cn3)CC2)c1.Cc1cc(-c2ccc(N3CCN(Cc4cccc(S(C)(=O)=O)c4)CC3)nc2)c2c(C#N)cnn2c1.N#Cc1cnn2cc(O)cc(-c3ccc(N4CCNCC4)nc3)c12.O.O.[B-]C(C)=O.[Na+]. The maximum Gasteiger partial charge on any atom is 1.00 e. The summed E-state index contributed by atoms with van der Waals surface area (Å²) < 4.78 is 56.1. The van der Waals surface area contributed by atoms with Gasteiger partial charge in [0, 0.05) is 176 Å². The van der Waals surface area contributed by atoms with Crippen LogP contribution in [0.2, 0.25) is 0 Å². The molecule has 0 spiro atoms. The molecule has 0 aliphatic carbocycles. The normalized spacial score (nSPS) is 13.6. The minimum absolute atomic E-state index is 0. The summed E-state index contributed by atoms with van der Waals surface area (Å²) in [5, 5.41) is 64.1. The van der Waals surface area contributed by atoms with Gasteiger partial charge in [-0.3, -0.25) is 19.4 Å². The van der Waals surface area contributed by atoms with Gasteiger partial charge in [0.2, 0.25) is 0 Å². The van der Waals surface area contributed by atoms with Crippen LogP contribution in [0.3, 0.4) is 0 Å². The van der Waals surface area contributed by atoms with Crippen molar-refractivity contribution in [3.05, 3.63) is 192 Å². The zero-order valence-corrected chi connectivity index (χ0v) is 64.2. The number of nitrogens with one attached hydrogen (secondary N) is 1. The van der Waals surface area contributed by atoms with Gasteiger partial charge in [0.15, 0.2) is 19.7 Å². The van der Waals surface area contributed by atoms with E-state index in [1.54, 1.807) is 71.6 Å². The van der Waals surface area contributed by atoms with Crippen molar-refractivity contribution in [1.82, 2.24) is 58.9 Å². The van der Waals surface area contributed by atoms with Crippen molar-refractivity contribution in [2.75, 3.05) is 106 Å². The molecule has 108 heavy (non-hydrogen) atoms. The van der Waals surface area contributed by atoms with Gasteiger partial charge in [-0.25, -0.2) is 45.3 Å². The van der Waals surface area contributed by atoms with E-state index in [1.807, 2.05) is 67.8 Å². The number of piperazine rings is 3. The summed E-state index contributed by atoms with van der Waals surface area (Å²) in [4.78, 5) is 54.8. The van der Waals surface area contributed by atoms with Crippen LogP contribution >= 0.6 is 0 Å². The number of fused-ring (bicyclic) bond motifs is 3. The number of hydrogen-bond donors (Lipinski definition) is 3. The zero-order valence-electron chi connectivity index (χ0n) is 60.6. The van der Waals surface area contributed by atoms with Gasteiger partial charge in [-0.05, 0) is 102 Å². The molecule has 3 fully saturated rings. The Morgan fingerprint density at radius 1 is 0.500 bits per heavy atom. The topological polar surface area (TPSA) is 422 Å². The monoisotopic (exact) mass is 1510 g/mol. The van der Waals surface area contributed by atoms with Crippen molar-refractivity contribution in [2.45, 2.75) is 50.6 Å². The molecule has 0 unspecified atom stereocenters. The average molecular weight is 1510 g/mol. The maximum atomic E-state index is 11.8. The number of nitriles is 3. The quantitative estimate of drug-likeness (QED) is 0.0898. The average Bonchev–Trinajstić information content (AvgIpc) is 1.60. The van der Waals surface area contributed by atoms with E-state index in [2.05, 4.69) is 91.9 Å². The number of pyridine rings is 6. The molecule has 3 radical (unpaired) electrons. The van der Waals surface area contributed by atoms with E-state index in [4.69, 9.17) is 4.98 Å². The third-order valence-electron chi connectivity index (χ3n) is 17.1. The molecule has 0 saturated carbocycles. The van der Waals surface area contributed by atoms with Gasteiger partial charge < -0.3 is 58.6 Å². The van der Waals surface area contributed by atoms with E-state index in [0.29, 0.717) is 49.6 Å². The Hall–Kier alpha value is -11.0. The Labute approximate surface area is 647 Å². The van der Waals surface area contributed by atoms with Gasteiger partial charge >= 0.3 is 41.5 Å². The molecule has 12 heterocycles. The van der Waals surface area contributed by atoms with E-state index in [1.165, 1.54) is 67.1 Å². The number of rotatable bonds is 12. The van der Waals surface area contributed by atoms with Gasteiger partial charge in [-0.15, -0.1) is 5.68 Å². The largest absolute Gasteiger partial charge is 1.00 e. The molecule has 7 N–H and O–H groups in total. The molecule has 30 nitrogen and oxygen atoms in total. The van der Waals surface area contributed by atoms with Crippen LogP contribution in [-0.4, -0.2) is 208 Å². The van der Waals surface area contributed by atoms with E-state index in [0.717, 1.165) is 153 Å². The summed E-state index contributed by atoms with van der Waals surface area (Å²) in [5.74, 6) is 1.74. The minimum atomic E-state index is -3.22. The van der Waals surface area contributed by atoms with Crippen LogP contribution in [0.1, 0.15) is 54.2 Å². The standard InChI is InChI=1S/C26H26N6O2S.C25H24N6O3S.C17H16N6O.C4H6O3.C2H3BO.Na.2H2O/c1-19-12-24(26-22(14-27)16-29-32(26)17-19)21-6-7-25(28-15-21)31-10-8-30(9-11-31)18-20-4-3-5-23(13-20)35(2,33)34;1-35(33,34)22-4-2-3-18(11-22)16-29-7-9-30(10-8-29)24-6-5-19(14-27-24)23-12-21(32)17-31-25(23)20(13-26)15-28-31;18-8-13-10-21-23-11-14(24)7-15(17(13)23)12-1-2-16(20-9-12)22-5-3-19-4-6-22;1-3(5)7-4(2)6;1-2(3)4;;;/h3-7,12-13,15-17H,8-11,18H2,1-2H3;2-6,11-12,14-15,17,32H,7-10,16H2,1H3;1-2,7,9-11,19,24H,3-6H2;1-2H3;1H3;;2*1H2/q;;;;-1;+1;;. The summed E-state index contributed by atoms with van der Waals surface area (Å²) in [7, 11) is -1.95. The van der Waals surface area contributed by atoms with Crippen molar-refractivity contribution in [2.24, 2.45) is 0 Å². The fourth-order valence-electron chi connectivity index (χ4n) is 12.2. The fraction of sp³-hybridized carbons (Fsp3) is 0.270. The van der Waals surface area contributed by atoms with E-state index in [9.17, 15) is 57.2 Å². The Morgan fingerprint density at radius 2 is 0.833 bits per heavy atom. The van der Waals surface area contributed by atoms with Crippen LogP contribution in [0.5, 0.6) is 11.5 Å². The summed E-state index contributed by atoms with van der Waals surface area (Å²) in [6.45, 7) is 17.6. The molecule has 9 aromatic heterocycles. The summed E-state index contributed by atoms with van der Waals surface area (Å²) in [6, 6.07) is 38.0. The van der Waals surface area contributed by atoms with Crippen molar-refractivity contribution in [3.63, 3.8) is 0 Å². The van der Waals surface area contributed by atoms with E-state index >= 15 is 0 Å². The second-order valence-corrected chi connectivity index (χ2v) is 29.1. The number of carbonyl (C=O) groups excluding carboxylic acids is 3. The first-order valence-electron chi connectivity index (χ1n) is 33.2. The molecule has 3 aliphatic rings. The number of aryl methyl sites for hydroxylation is 1. The van der Waals surface area contributed by atoms with Crippen LogP contribution in [0, 0.1) is 40.9 Å². The van der Waals surface area contributed by atoms with Gasteiger partial charge in [0.25, 0.3) is 0 Å². The Kier molecular flexibility index (Phi) is 29.7. The van der Waals surface area contributed by atoms with Gasteiger partial charge in [-0.1, -0.05) is 31.2 Å². The minimum Gasteiger partial charge on any atom is -0.528 e. The Balaban J connectivity index is 0.000000211.